The molecule has 1 aromatic heterocycles. The van der Waals surface area contributed by atoms with Crippen LogP contribution in [-0.4, -0.2) is 43.4 Å². The van der Waals surface area contributed by atoms with E-state index in [0.29, 0.717) is 29.9 Å². The number of aryl methyl sites for hydroxylation is 2. The van der Waals surface area contributed by atoms with Gasteiger partial charge in [0, 0.05) is 25.6 Å². The summed E-state index contributed by atoms with van der Waals surface area (Å²) < 4.78 is 35.6. The Labute approximate surface area is 204 Å². The number of benzene rings is 2. The molecule has 2 aromatic carbocycles. The van der Waals surface area contributed by atoms with Crippen molar-refractivity contribution in [1.82, 2.24) is 8.87 Å². The van der Waals surface area contributed by atoms with Crippen LogP contribution in [0.25, 0.3) is 10.2 Å². The van der Waals surface area contributed by atoms with Gasteiger partial charge in [-0.2, -0.15) is 9.30 Å². The Morgan fingerprint density at radius 1 is 1.18 bits per heavy atom. The van der Waals surface area contributed by atoms with Crippen LogP contribution in [0.15, 0.2) is 58.9 Å². The van der Waals surface area contributed by atoms with Crippen LogP contribution in [0.2, 0.25) is 0 Å². The second-order valence-corrected chi connectivity index (χ2v) is 11.4. The number of sulfonamides is 1. The smallest absolute Gasteiger partial charge is 0.251 e. The standard InChI is InChI=1S/C25H29N3O4S2/c1-5-12-28-22-15-17(2)18(3)16-23(22)33-25(28)26-24(29)19-10-13-27(14-11-19)34(30,31)21-8-6-20(32-4)7-9-21/h5-9,15-16,19H,1,10-14H2,2-4H3. The fourth-order valence-corrected chi connectivity index (χ4v) is 6.73. The predicted octanol–water partition coefficient (Wildman–Crippen LogP) is 4.04. The molecule has 1 fully saturated rings. The minimum absolute atomic E-state index is 0.195. The number of ether oxygens (including phenoxy) is 1. The number of carbonyl (C=O) groups excluding carboxylic acids is 1. The number of piperidine rings is 1. The molecule has 0 aliphatic carbocycles. The van der Waals surface area contributed by atoms with E-state index in [0.717, 1.165) is 10.2 Å². The van der Waals surface area contributed by atoms with Crippen LogP contribution in [-0.2, 0) is 21.4 Å². The zero-order valence-electron chi connectivity index (χ0n) is 19.7. The summed E-state index contributed by atoms with van der Waals surface area (Å²) in [4.78, 5) is 18.4. The van der Waals surface area contributed by atoms with Crippen LogP contribution in [0, 0.1) is 19.8 Å². The molecule has 9 heteroatoms. The first-order valence-corrected chi connectivity index (χ1v) is 13.4. The summed E-state index contributed by atoms with van der Waals surface area (Å²) in [5, 5.41) is 0. The van der Waals surface area contributed by atoms with E-state index in [1.807, 2.05) is 4.57 Å². The average molecular weight is 500 g/mol. The van der Waals surface area contributed by atoms with Crippen molar-refractivity contribution >= 4 is 37.5 Å². The average Bonchev–Trinajstić information content (AvgIpc) is 3.15. The van der Waals surface area contributed by atoms with Crippen molar-refractivity contribution in [2.24, 2.45) is 10.9 Å². The molecule has 1 aliphatic heterocycles. The fourth-order valence-electron chi connectivity index (χ4n) is 4.14. The first-order valence-electron chi connectivity index (χ1n) is 11.2. The van der Waals surface area contributed by atoms with Gasteiger partial charge in [0.15, 0.2) is 4.80 Å². The molecule has 7 nitrogen and oxygen atoms in total. The van der Waals surface area contributed by atoms with Crippen LogP contribution < -0.4 is 9.54 Å². The van der Waals surface area contributed by atoms with Crippen molar-refractivity contribution in [3.05, 3.63) is 65.0 Å². The number of fused-ring (bicyclic) bond motifs is 1. The van der Waals surface area contributed by atoms with Gasteiger partial charge >= 0.3 is 0 Å². The monoisotopic (exact) mass is 499 g/mol. The summed E-state index contributed by atoms with van der Waals surface area (Å²) in [6.07, 6.45) is 2.69. The highest BCUT2D eigenvalue weighted by atomic mass is 32.2. The van der Waals surface area contributed by atoms with Gasteiger partial charge in [0.1, 0.15) is 5.75 Å². The number of amides is 1. The number of methoxy groups -OCH3 is 1. The van der Waals surface area contributed by atoms with Crippen LogP contribution in [0.5, 0.6) is 5.75 Å². The third kappa shape index (κ3) is 4.73. The van der Waals surface area contributed by atoms with Crippen LogP contribution in [0.1, 0.15) is 24.0 Å². The second kappa shape index (κ2) is 9.85. The molecule has 0 spiro atoms. The van der Waals surface area contributed by atoms with E-state index in [-0.39, 0.29) is 29.8 Å². The Kier molecular flexibility index (Phi) is 7.06. The van der Waals surface area contributed by atoms with Crippen molar-refractivity contribution in [2.75, 3.05) is 20.2 Å². The molecule has 1 aliphatic rings. The molecule has 0 radical (unpaired) electrons. The zero-order valence-corrected chi connectivity index (χ0v) is 21.3. The summed E-state index contributed by atoms with van der Waals surface area (Å²) in [6.45, 7) is 9.13. The minimum atomic E-state index is -3.61. The number of hydrogen-bond acceptors (Lipinski definition) is 5. The number of carbonyl (C=O) groups is 1. The van der Waals surface area contributed by atoms with Gasteiger partial charge in [-0.3, -0.25) is 4.79 Å². The number of rotatable bonds is 6. The fraction of sp³-hybridized carbons (Fsp3) is 0.360. The molecule has 0 atom stereocenters. The van der Waals surface area contributed by atoms with Gasteiger partial charge < -0.3 is 9.30 Å². The van der Waals surface area contributed by atoms with E-state index in [1.165, 1.54) is 33.9 Å². The van der Waals surface area contributed by atoms with Crippen molar-refractivity contribution < 1.29 is 17.9 Å². The van der Waals surface area contributed by atoms with E-state index in [9.17, 15) is 13.2 Å². The third-order valence-electron chi connectivity index (χ3n) is 6.32. The molecule has 3 aromatic rings. The molecule has 2 heterocycles. The van der Waals surface area contributed by atoms with E-state index in [2.05, 4.69) is 37.6 Å². The van der Waals surface area contributed by atoms with Gasteiger partial charge in [-0.25, -0.2) is 8.42 Å². The summed E-state index contributed by atoms with van der Waals surface area (Å²) >= 11 is 1.50. The molecule has 0 bridgehead atoms. The lowest BCUT2D eigenvalue weighted by Gasteiger charge is -2.29. The molecule has 1 amide bonds. The molecule has 180 valence electrons. The maximum atomic E-state index is 13.1. The lowest BCUT2D eigenvalue weighted by Crippen LogP contribution is -2.40. The first-order chi connectivity index (χ1) is 16.2. The number of thiazole rings is 1. The normalized spacial score (nSPS) is 16.1. The number of nitrogens with zero attached hydrogens (tertiary/aromatic N) is 3. The first kappa shape index (κ1) is 24.4. The van der Waals surface area contributed by atoms with Crippen molar-refractivity contribution in [2.45, 2.75) is 38.1 Å². The number of allylic oxidation sites excluding steroid dienone is 1. The Hall–Kier alpha value is -2.75. The molecular formula is C25H29N3O4S2. The third-order valence-corrected chi connectivity index (χ3v) is 9.27. The highest BCUT2D eigenvalue weighted by Crippen LogP contribution is 2.26. The Balaban J connectivity index is 1.53. The maximum absolute atomic E-state index is 13.1. The maximum Gasteiger partial charge on any atom is 0.251 e. The lowest BCUT2D eigenvalue weighted by molar-refractivity contribution is -0.122. The molecule has 4 rings (SSSR count). The molecule has 0 N–H and O–H groups in total. The number of hydrogen-bond donors (Lipinski definition) is 0. The zero-order chi connectivity index (χ0) is 24.5. The summed E-state index contributed by atoms with van der Waals surface area (Å²) in [7, 11) is -2.07. The molecular weight excluding hydrogens is 470 g/mol. The highest BCUT2D eigenvalue weighted by molar-refractivity contribution is 7.89. The van der Waals surface area contributed by atoms with Crippen LogP contribution >= 0.6 is 11.3 Å². The van der Waals surface area contributed by atoms with Gasteiger partial charge in [-0.1, -0.05) is 17.4 Å². The van der Waals surface area contributed by atoms with E-state index in [1.54, 1.807) is 30.3 Å². The summed E-state index contributed by atoms with van der Waals surface area (Å²) in [6, 6.07) is 10.6. The minimum Gasteiger partial charge on any atom is -0.497 e. The van der Waals surface area contributed by atoms with Crippen molar-refractivity contribution in [1.29, 1.82) is 0 Å². The Bertz CT molecular complexity index is 1390. The van der Waals surface area contributed by atoms with Gasteiger partial charge in [0.05, 0.1) is 22.2 Å². The topological polar surface area (TPSA) is 81.0 Å². The Morgan fingerprint density at radius 2 is 1.82 bits per heavy atom. The predicted molar refractivity (Wildman–Crippen MR) is 135 cm³/mol. The molecule has 34 heavy (non-hydrogen) atoms. The summed E-state index contributed by atoms with van der Waals surface area (Å²) in [5.41, 5.74) is 3.43. The lowest BCUT2D eigenvalue weighted by atomic mass is 9.98. The van der Waals surface area contributed by atoms with Gasteiger partial charge in [0.25, 0.3) is 5.91 Å². The van der Waals surface area contributed by atoms with E-state index < -0.39 is 10.0 Å². The molecule has 0 saturated carbocycles. The number of aromatic nitrogens is 1. The van der Waals surface area contributed by atoms with Crippen LogP contribution in [0.3, 0.4) is 0 Å². The Morgan fingerprint density at radius 3 is 2.44 bits per heavy atom. The van der Waals surface area contributed by atoms with Crippen molar-refractivity contribution in [3.8, 4) is 5.75 Å². The molecule has 0 unspecified atom stereocenters. The quantitative estimate of drug-likeness (QED) is 0.480. The molecule has 1 saturated heterocycles. The van der Waals surface area contributed by atoms with E-state index in [4.69, 9.17) is 4.74 Å². The summed E-state index contributed by atoms with van der Waals surface area (Å²) in [5.74, 6) is 0.109. The van der Waals surface area contributed by atoms with E-state index >= 15 is 0 Å². The largest absolute Gasteiger partial charge is 0.497 e. The van der Waals surface area contributed by atoms with Gasteiger partial charge in [-0.15, -0.1) is 6.58 Å². The van der Waals surface area contributed by atoms with Crippen molar-refractivity contribution in [3.63, 3.8) is 0 Å². The van der Waals surface area contributed by atoms with Gasteiger partial charge in [-0.05, 0) is 74.2 Å². The highest BCUT2D eigenvalue weighted by Gasteiger charge is 2.32. The second-order valence-electron chi connectivity index (χ2n) is 8.49. The SMILES string of the molecule is C=CCn1c(=NC(=O)C2CCN(S(=O)(=O)c3ccc(OC)cc3)CC2)sc2cc(C)c(C)cc21. The van der Waals surface area contributed by atoms with Crippen LogP contribution in [0.4, 0.5) is 0 Å². The van der Waals surface area contributed by atoms with Gasteiger partial charge in [0.2, 0.25) is 10.0 Å².